The van der Waals surface area contributed by atoms with Crippen molar-refractivity contribution in [2.45, 2.75) is 11.4 Å². The van der Waals surface area contributed by atoms with Gasteiger partial charge in [0.05, 0.1) is 4.90 Å². The molecule has 0 saturated carbocycles. The summed E-state index contributed by atoms with van der Waals surface area (Å²) < 4.78 is 23.8. The van der Waals surface area contributed by atoms with E-state index in [1.165, 1.54) is 23.0 Å². The second-order valence-electron chi connectivity index (χ2n) is 4.81. The van der Waals surface area contributed by atoms with Gasteiger partial charge >= 0.3 is 0 Å². The number of pyridine rings is 1. The van der Waals surface area contributed by atoms with E-state index >= 15 is 0 Å². The Bertz CT molecular complexity index is 964. The summed E-state index contributed by atoms with van der Waals surface area (Å²) in [7, 11) is -3.72. The van der Waals surface area contributed by atoms with Crippen LogP contribution < -0.4 is 10.5 Å². The third-order valence-electron chi connectivity index (χ3n) is 3.24. The zero-order valence-electron chi connectivity index (χ0n) is 11.9. The molecule has 0 aliphatic carbocycles. The fourth-order valence-electron chi connectivity index (χ4n) is 2.09. The van der Waals surface area contributed by atoms with Crippen molar-refractivity contribution in [1.29, 1.82) is 0 Å². The van der Waals surface area contributed by atoms with Crippen molar-refractivity contribution in [2.24, 2.45) is 5.14 Å². The minimum absolute atomic E-state index is 0.0277. The van der Waals surface area contributed by atoms with E-state index in [0.29, 0.717) is 11.3 Å². The molecule has 0 fully saturated rings. The maximum atomic E-state index is 12.2. The van der Waals surface area contributed by atoms with E-state index < -0.39 is 10.0 Å². The van der Waals surface area contributed by atoms with E-state index in [2.05, 4.69) is 15.4 Å². The maximum absolute atomic E-state index is 12.2. The van der Waals surface area contributed by atoms with Gasteiger partial charge in [-0.3, -0.25) is 4.79 Å². The van der Waals surface area contributed by atoms with Crippen molar-refractivity contribution in [3.63, 3.8) is 0 Å². The number of carbonyl (C=O) groups excluding carboxylic acids is 1. The van der Waals surface area contributed by atoms with Crippen LogP contribution in [0.15, 0.2) is 53.7 Å². The Hall–Kier alpha value is -2.78. The fraction of sp³-hybridized carbons (Fsp3) is 0.0714. The topological polar surface area (TPSA) is 119 Å². The molecule has 0 bridgehead atoms. The average Bonchev–Trinajstić information content (AvgIpc) is 3.00. The molecule has 3 rings (SSSR count). The van der Waals surface area contributed by atoms with Gasteiger partial charge in [0.15, 0.2) is 5.65 Å². The van der Waals surface area contributed by atoms with Crippen molar-refractivity contribution in [3.05, 3.63) is 60.0 Å². The second-order valence-corrected chi connectivity index (χ2v) is 6.37. The normalized spacial score (nSPS) is 11.5. The van der Waals surface area contributed by atoms with Gasteiger partial charge in [-0.05, 0) is 29.8 Å². The zero-order chi connectivity index (χ0) is 16.4. The Morgan fingerprint density at radius 3 is 2.61 bits per heavy atom. The number of primary sulfonamides is 1. The molecular weight excluding hydrogens is 318 g/mol. The first-order valence-electron chi connectivity index (χ1n) is 6.64. The molecule has 0 aliphatic rings. The lowest BCUT2D eigenvalue weighted by Crippen LogP contribution is -2.25. The molecule has 0 spiro atoms. The third kappa shape index (κ3) is 3.20. The molecule has 0 saturated heterocycles. The predicted molar refractivity (Wildman–Crippen MR) is 82.0 cm³/mol. The highest BCUT2D eigenvalue weighted by atomic mass is 32.2. The van der Waals surface area contributed by atoms with Crippen LogP contribution in [-0.4, -0.2) is 28.9 Å². The van der Waals surface area contributed by atoms with E-state index in [4.69, 9.17) is 5.14 Å². The van der Waals surface area contributed by atoms with Crippen molar-refractivity contribution < 1.29 is 13.2 Å². The van der Waals surface area contributed by atoms with Crippen LogP contribution in [0.1, 0.15) is 16.1 Å². The van der Waals surface area contributed by atoms with Crippen molar-refractivity contribution in [1.82, 2.24) is 19.9 Å². The van der Waals surface area contributed by atoms with Gasteiger partial charge in [-0.1, -0.05) is 18.2 Å². The Morgan fingerprint density at radius 1 is 1.17 bits per heavy atom. The van der Waals surface area contributed by atoms with Gasteiger partial charge < -0.3 is 5.32 Å². The monoisotopic (exact) mass is 331 g/mol. The Labute approximate surface area is 132 Å². The van der Waals surface area contributed by atoms with Gasteiger partial charge in [0.2, 0.25) is 10.0 Å². The summed E-state index contributed by atoms with van der Waals surface area (Å²) in [5.74, 6) is -0.309. The van der Waals surface area contributed by atoms with Gasteiger partial charge in [0.1, 0.15) is 12.0 Å². The van der Waals surface area contributed by atoms with E-state index in [0.717, 1.165) is 5.56 Å². The van der Waals surface area contributed by atoms with Gasteiger partial charge in [-0.15, -0.1) is 0 Å². The summed E-state index contributed by atoms with van der Waals surface area (Å²) in [5, 5.41) is 11.8. The number of hydrogen-bond acceptors (Lipinski definition) is 5. The Morgan fingerprint density at radius 2 is 1.91 bits per heavy atom. The molecule has 3 N–H and O–H groups in total. The minimum Gasteiger partial charge on any atom is -0.347 e. The molecule has 0 unspecified atom stereocenters. The van der Waals surface area contributed by atoms with E-state index in [-0.39, 0.29) is 17.3 Å². The van der Waals surface area contributed by atoms with E-state index in [1.54, 1.807) is 30.3 Å². The summed E-state index contributed by atoms with van der Waals surface area (Å²) in [6, 6.07) is 11.1. The molecule has 8 nitrogen and oxygen atoms in total. The van der Waals surface area contributed by atoms with Gasteiger partial charge in [0, 0.05) is 6.54 Å². The number of aromatic nitrogens is 3. The molecule has 1 aromatic carbocycles. The highest BCUT2D eigenvalue weighted by molar-refractivity contribution is 7.89. The molecule has 2 aromatic heterocycles. The first kappa shape index (κ1) is 15.1. The lowest BCUT2D eigenvalue weighted by atomic mass is 10.2. The van der Waals surface area contributed by atoms with Crippen LogP contribution in [0.2, 0.25) is 0 Å². The number of hydrogen-bond donors (Lipinski definition) is 2. The van der Waals surface area contributed by atoms with Crippen molar-refractivity contribution in [3.8, 4) is 0 Å². The summed E-state index contributed by atoms with van der Waals surface area (Å²) in [5.41, 5.74) is 1.69. The number of benzene rings is 1. The van der Waals surface area contributed by atoms with Crippen LogP contribution in [0.4, 0.5) is 0 Å². The summed E-state index contributed by atoms with van der Waals surface area (Å²) in [6.07, 6.45) is 1.37. The lowest BCUT2D eigenvalue weighted by molar-refractivity contribution is 0.0943. The van der Waals surface area contributed by atoms with Gasteiger partial charge in [-0.25, -0.2) is 23.1 Å². The maximum Gasteiger partial charge on any atom is 0.270 e. The SMILES string of the molecule is NS(=O)(=O)c1ccc(CNC(=O)c2cccc3ncnn23)cc1. The van der Waals surface area contributed by atoms with Crippen LogP contribution in [0.3, 0.4) is 0 Å². The highest BCUT2D eigenvalue weighted by Crippen LogP contribution is 2.09. The summed E-state index contributed by atoms with van der Waals surface area (Å²) in [4.78, 5) is 16.3. The van der Waals surface area contributed by atoms with Gasteiger partial charge in [-0.2, -0.15) is 5.10 Å². The Kier molecular flexibility index (Phi) is 3.80. The largest absolute Gasteiger partial charge is 0.347 e. The molecule has 9 heteroatoms. The standard InChI is InChI=1S/C14H13N5O3S/c15-23(21,22)11-6-4-10(5-7-11)8-16-14(20)12-2-1-3-13-17-9-18-19(12)13/h1-7,9H,8H2,(H,16,20)(H2,15,21,22). The van der Waals surface area contributed by atoms with Crippen LogP contribution in [0.5, 0.6) is 0 Å². The number of nitrogens with zero attached hydrogens (tertiary/aromatic N) is 3. The van der Waals surface area contributed by atoms with Crippen LogP contribution in [0, 0.1) is 0 Å². The molecule has 0 aliphatic heterocycles. The molecular formula is C14H13N5O3S. The number of rotatable bonds is 4. The molecule has 23 heavy (non-hydrogen) atoms. The molecule has 118 valence electrons. The van der Waals surface area contributed by atoms with E-state index in [1.807, 2.05) is 0 Å². The number of carbonyl (C=O) groups is 1. The highest BCUT2D eigenvalue weighted by Gasteiger charge is 2.11. The minimum atomic E-state index is -3.72. The summed E-state index contributed by atoms with van der Waals surface area (Å²) in [6.45, 7) is 0.245. The molecule has 2 heterocycles. The number of nitrogens with two attached hydrogens (primary N) is 1. The summed E-state index contributed by atoms with van der Waals surface area (Å²) >= 11 is 0. The lowest BCUT2D eigenvalue weighted by Gasteiger charge is -2.07. The van der Waals surface area contributed by atoms with Gasteiger partial charge in [0.25, 0.3) is 5.91 Å². The quantitative estimate of drug-likeness (QED) is 0.713. The molecule has 0 atom stereocenters. The van der Waals surface area contributed by atoms with Crippen LogP contribution in [-0.2, 0) is 16.6 Å². The smallest absolute Gasteiger partial charge is 0.270 e. The van der Waals surface area contributed by atoms with Crippen molar-refractivity contribution in [2.75, 3.05) is 0 Å². The van der Waals surface area contributed by atoms with Crippen LogP contribution in [0.25, 0.3) is 5.65 Å². The molecule has 0 radical (unpaired) electrons. The molecule has 1 amide bonds. The zero-order valence-corrected chi connectivity index (χ0v) is 12.7. The number of amides is 1. The number of sulfonamides is 1. The first-order chi connectivity index (χ1) is 10.9. The average molecular weight is 331 g/mol. The second kappa shape index (κ2) is 5.78. The third-order valence-corrected chi connectivity index (χ3v) is 4.17. The predicted octanol–water partition coefficient (Wildman–Crippen LogP) is 0.307. The molecule has 3 aromatic rings. The number of fused-ring (bicyclic) bond motifs is 1. The van der Waals surface area contributed by atoms with Crippen molar-refractivity contribution >= 4 is 21.6 Å². The van der Waals surface area contributed by atoms with E-state index in [9.17, 15) is 13.2 Å². The number of nitrogens with one attached hydrogen (secondary N) is 1. The first-order valence-corrected chi connectivity index (χ1v) is 8.18. The fourth-order valence-corrected chi connectivity index (χ4v) is 2.60. The Balaban J connectivity index is 1.73. The van der Waals surface area contributed by atoms with Crippen LogP contribution >= 0.6 is 0 Å².